The first-order valence-electron chi connectivity index (χ1n) is 3.28. The molecule has 0 aliphatic carbocycles. The summed E-state index contributed by atoms with van der Waals surface area (Å²) >= 11 is 0. The SMILES string of the molecule is Br.CC(=O)c1ccc(C)cc1. The van der Waals surface area contributed by atoms with Gasteiger partial charge in [-0.25, -0.2) is 0 Å². The number of benzene rings is 1. The largest absolute Gasteiger partial charge is 0.295 e. The van der Waals surface area contributed by atoms with Crippen molar-refractivity contribution in [3.8, 4) is 0 Å². The number of ketones is 1. The first kappa shape index (κ1) is 10.4. The first-order chi connectivity index (χ1) is 4.70. The molecule has 0 radical (unpaired) electrons. The van der Waals surface area contributed by atoms with E-state index in [0.29, 0.717) is 0 Å². The van der Waals surface area contributed by atoms with E-state index in [1.54, 1.807) is 6.92 Å². The number of hydrogen-bond acceptors (Lipinski definition) is 1. The maximum atomic E-state index is 10.8. The highest BCUT2D eigenvalue weighted by molar-refractivity contribution is 8.93. The van der Waals surface area contributed by atoms with Crippen LogP contribution >= 0.6 is 17.0 Å². The number of carbonyl (C=O) groups excluding carboxylic acids is 1. The van der Waals surface area contributed by atoms with Crippen molar-refractivity contribution in [2.45, 2.75) is 13.8 Å². The fraction of sp³-hybridized carbons (Fsp3) is 0.222. The lowest BCUT2D eigenvalue weighted by molar-refractivity contribution is 0.101. The van der Waals surface area contributed by atoms with E-state index in [2.05, 4.69) is 0 Å². The lowest BCUT2D eigenvalue weighted by Gasteiger charge is -1.93. The molecule has 0 aliphatic heterocycles. The van der Waals surface area contributed by atoms with Crippen LogP contribution in [0.2, 0.25) is 0 Å². The third-order valence-corrected chi connectivity index (χ3v) is 1.46. The van der Waals surface area contributed by atoms with Crippen LogP contribution in [0.3, 0.4) is 0 Å². The van der Waals surface area contributed by atoms with Crippen LogP contribution in [-0.2, 0) is 0 Å². The summed E-state index contributed by atoms with van der Waals surface area (Å²) in [5, 5.41) is 0. The highest BCUT2D eigenvalue weighted by Gasteiger charge is 1.95. The van der Waals surface area contributed by atoms with Crippen molar-refractivity contribution in [3.05, 3.63) is 35.4 Å². The summed E-state index contributed by atoms with van der Waals surface area (Å²) in [6.45, 7) is 3.58. The van der Waals surface area contributed by atoms with Gasteiger partial charge in [0.1, 0.15) is 0 Å². The van der Waals surface area contributed by atoms with Gasteiger partial charge in [-0.2, -0.15) is 0 Å². The van der Waals surface area contributed by atoms with E-state index >= 15 is 0 Å². The Morgan fingerprint density at radius 2 is 1.64 bits per heavy atom. The van der Waals surface area contributed by atoms with E-state index in [4.69, 9.17) is 0 Å². The highest BCUT2D eigenvalue weighted by Crippen LogP contribution is 2.02. The van der Waals surface area contributed by atoms with Crippen LogP contribution in [0.15, 0.2) is 24.3 Å². The number of halogens is 1. The van der Waals surface area contributed by atoms with Crippen LogP contribution in [0.25, 0.3) is 0 Å². The Kier molecular flexibility index (Phi) is 4.04. The zero-order valence-corrected chi connectivity index (χ0v) is 8.34. The Morgan fingerprint density at radius 3 is 2.00 bits per heavy atom. The average molecular weight is 215 g/mol. The molecule has 0 unspecified atom stereocenters. The Labute approximate surface area is 77.2 Å². The van der Waals surface area contributed by atoms with Crippen molar-refractivity contribution in [2.24, 2.45) is 0 Å². The van der Waals surface area contributed by atoms with Gasteiger partial charge in [0.15, 0.2) is 5.78 Å². The monoisotopic (exact) mass is 214 g/mol. The van der Waals surface area contributed by atoms with Gasteiger partial charge < -0.3 is 0 Å². The lowest BCUT2D eigenvalue weighted by atomic mass is 10.1. The predicted octanol–water partition coefficient (Wildman–Crippen LogP) is 2.78. The molecule has 0 aromatic heterocycles. The minimum Gasteiger partial charge on any atom is -0.295 e. The topological polar surface area (TPSA) is 17.1 Å². The normalized spacial score (nSPS) is 8.55. The zero-order valence-electron chi connectivity index (χ0n) is 6.63. The summed E-state index contributed by atoms with van der Waals surface area (Å²) in [5.41, 5.74) is 1.97. The van der Waals surface area contributed by atoms with E-state index in [1.165, 1.54) is 5.56 Å². The Morgan fingerprint density at radius 1 is 1.18 bits per heavy atom. The van der Waals surface area contributed by atoms with Crippen LogP contribution in [0.5, 0.6) is 0 Å². The Bertz CT molecular complexity index is 238. The standard InChI is InChI=1S/C9H10O.BrH/c1-7-3-5-9(6-4-7)8(2)10;/h3-6H,1-2H3;1H. The number of rotatable bonds is 1. The molecule has 2 heteroatoms. The van der Waals surface area contributed by atoms with E-state index in [0.717, 1.165) is 5.56 Å². The molecular formula is C9H11BrO. The minimum atomic E-state index is 0. The fourth-order valence-electron chi connectivity index (χ4n) is 0.788. The fourth-order valence-corrected chi connectivity index (χ4v) is 0.788. The molecule has 0 N–H and O–H groups in total. The van der Waals surface area contributed by atoms with Crippen LogP contribution in [0.1, 0.15) is 22.8 Å². The van der Waals surface area contributed by atoms with Crippen LogP contribution in [0, 0.1) is 6.92 Å². The summed E-state index contributed by atoms with van der Waals surface area (Å²) in [6, 6.07) is 7.57. The van der Waals surface area contributed by atoms with Crippen molar-refractivity contribution in [2.75, 3.05) is 0 Å². The number of Topliss-reactive ketones (excluding diaryl/α,β-unsaturated/α-hetero) is 1. The molecule has 1 aromatic carbocycles. The molecule has 0 spiro atoms. The van der Waals surface area contributed by atoms with Crippen LogP contribution < -0.4 is 0 Å². The highest BCUT2D eigenvalue weighted by atomic mass is 79.9. The van der Waals surface area contributed by atoms with Gasteiger partial charge in [0.25, 0.3) is 0 Å². The molecule has 0 heterocycles. The Balaban J connectivity index is 0.000001000. The molecule has 60 valence electrons. The van der Waals surface area contributed by atoms with Gasteiger partial charge in [0, 0.05) is 5.56 Å². The van der Waals surface area contributed by atoms with Crippen molar-refractivity contribution in [1.82, 2.24) is 0 Å². The molecule has 1 nitrogen and oxygen atoms in total. The third kappa shape index (κ3) is 2.85. The summed E-state index contributed by atoms with van der Waals surface area (Å²) in [6.07, 6.45) is 0. The molecule has 0 aliphatic rings. The Hall–Kier alpha value is -0.630. The molecule has 0 atom stereocenters. The maximum absolute atomic E-state index is 10.8. The predicted molar refractivity (Wildman–Crippen MR) is 51.5 cm³/mol. The van der Waals surface area contributed by atoms with Crippen molar-refractivity contribution < 1.29 is 4.79 Å². The summed E-state index contributed by atoms with van der Waals surface area (Å²) < 4.78 is 0. The van der Waals surface area contributed by atoms with Crippen LogP contribution in [0.4, 0.5) is 0 Å². The molecule has 1 aromatic rings. The van der Waals surface area contributed by atoms with Crippen LogP contribution in [-0.4, -0.2) is 5.78 Å². The number of aryl methyl sites for hydroxylation is 1. The second-order valence-electron chi connectivity index (χ2n) is 2.42. The van der Waals surface area contributed by atoms with Crippen molar-refractivity contribution in [1.29, 1.82) is 0 Å². The van der Waals surface area contributed by atoms with Gasteiger partial charge in [0.2, 0.25) is 0 Å². The molecule has 0 fully saturated rings. The first-order valence-corrected chi connectivity index (χ1v) is 3.28. The van der Waals surface area contributed by atoms with Gasteiger partial charge >= 0.3 is 0 Å². The van der Waals surface area contributed by atoms with E-state index in [1.807, 2.05) is 31.2 Å². The van der Waals surface area contributed by atoms with Crippen molar-refractivity contribution >= 4 is 22.8 Å². The molecule has 11 heavy (non-hydrogen) atoms. The lowest BCUT2D eigenvalue weighted by Crippen LogP contribution is -1.90. The average Bonchev–Trinajstić information content (AvgIpc) is 1.88. The summed E-state index contributed by atoms with van der Waals surface area (Å²) in [5.74, 6) is 0.125. The second-order valence-corrected chi connectivity index (χ2v) is 2.42. The summed E-state index contributed by atoms with van der Waals surface area (Å²) in [7, 11) is 0. The molecule has 1 rings (SSSR count). The van der Waals surface area contributed by atoms with E-state index in [-0.39, 0.29) is 22.8 Å². The van der Waals surface area contributed by atoms with Gasteiger partial charge in [-0.3, -0.25) is 4.79 Å². The second kappa shape index (κ2) is 4.29. The summed E-state index contributed by atoms with van der Waals surface area (Å²) in [4.78, 5) is 10.8. The molecule has 0 saturated heterocycles. The zero-order chi connectivity index (χ0) is 7.56. The number of hydrogen-bond donors (Lipinski definition) is 0. The molecular weight excluding hydrogens is 204 g/mol. The van der Waals surface area contributed by atoms with Crippen molar-refractivity contribution in [3.63, 3.8) is 0 Å². The molecule has 0 bridgehead atoms. The van der Waals surface area contributed by atoms with Gasteiger partial charge in [-0.1, -0.05) is 29.8 Å². The number of carbonyl (C=O) groups is 1. The molecule has 0 amide bonds. The molecule has 0 saturated carbocycles. The quantitative estimate of drug-likeness (QED) is 0.658. The third-order valence-electron chi connectivity index (χ3n) is 1.46. The van der Waals surface area contributed by atoms with E-state index < -0.39 is 0 Å². The van der Waals surface area contributed by atoms with E-state index in [9.17, 15) is 4.79 Å². The smallest absolute Gasteiger partial charge is 0.159 e. The van der Waals surface area contributed by atoms with Gasteiger partial charge in [-0.15, -0.1) is 17.0 Å². The van der Waals surface area contributed by atoms with Gasteiger partial charge in [0.05, 0.1) is 0 Å². The van der Waals surface area contributed by atoms with Gasteiger partial charge in [-0.05, 0) is 13.8 Å². The minimum absolute atomic E-state index is 0. The maximum Gasteiger partial charge on any atom is 0.159 e.